The van der Waals surface area contributed by atoms with E-state index in [1.165, 1.54) is 32.4 Å². The van der Waals surface area contributed by atoms with Crippen LogP contribution in [0, 0.1) is 0 Å². The molecule has 0 spiro atoms. The predicted octanol–water partition coefficient (Wildman–Crippen LogP) is 1.79. The third kappa shape index (κ3) is 4.94. The van der Waals surface area contributed by atoms with Gasteiger partial charge in [-0.15, -0.1) is 0 Å². The second kappa shape index (κ2) is 7.34. The summed E-state index contributed by atoms with van der Waals surface area (Å²) < 4.78 is 0. The summed E-state index contributed by atoms with van der Waals surface area (Å²) in [5.74, 6) is 0. The van der Waals surface area contributed by atoms with Crippen molar-refractivity contribution in [3.05, 3.63) is 0 Å². The lowest BCUT2D eigenvalue weighted by Gasteiger charge is -2.33. The van der Waals surface area contributed by atoms with Gasteiger partial charge in [0.05, 0.1) is 0 Å². The highest BCUT2D eigenvalue weighted by molar-refractivity contribution is 4.85. The fourth-order valence-electron chi connectivity index (χ4n) is 3.13. The minimum atomic E-state index is 0.635. The van der Waals surface area contributed by atoms with Crippen molar-refractivity contribution >= 4 is 0 Å². The zero-order valence-electron chi connectivity index (χ0n) is 12.4. The molecule has 1 aliphatic rings. The molecule has 1 rings (SSSR count). The normalized spacial score (nSPS) is 25.4. The van der Waals surface area contributed by atoms with Crippen LogP contribution in [0.4, 0.5) is 0 Å². The lowest BCUT2D eigenvalue weighted by atomic mass is 10.1. The van der Waals surface area contributed by atoms with Gasteiger partial charge in [0.15, 0.2) is 0 Å². The van der Waals surface area contributed by atoms with Crippen LogP contribution in [0.1, 0.15) is 40.0 Å². The largest absolute Gasteiger partial charge is 0.314 e. The maximum absolute atomic E-state index is 3.52. The average Bonchev–Trinajstić information content (AvgIpc) is 2.65. The molecule has 102 valence electrons. The monoisotopic (exact) mass is 241 g/mol. The molecule has 1 N–H and O–H groups in total. The molecular weight excluding hydrogens is 210 g/mol. The van der Waals surface area contributed by atoms with E-state index in [9.17, 15) is 0 Å². The standard InChI is InChI=1S/C14H31N3/c1-6-15-12(2)10-13(3)17-9-7-8-14(17)11-16(4)5/h12-15H,6-11H2,1-5H3. The van der Waals surface area contributed by atoms with Crippen LogP contribution in [0.5, 0.6) is 0 Å². The number of hydrogen-bond donors (Lipinski definition) is 1. The van der Waals surface area contributed by atoms with Crippen LogP contribution in [-0.2, 0) is 0 Å². The summed E-state index contributed by atoms with van der Waals surface area (Å²) in [6.45, 7) is 10.5. The summed E-state index contributed by atoms with van der Waals surface area (Å²) in [6, 6.07) is 2.11. The summed E-state index contributed by atoms with van der Waals surface area (Å²) in [7, 11) is 4.37. The molecule has 17 heavy (non-hydrogen) atoms. The fourth-order valence-corrected chi connectivity index (χ4v) is 3.13. The lowest BCUT2D eigenvalue weighted by molar-refractivity contribution is 0.148. The maximum atomic E-state index is 3.52. The molecule has 0 aromatic rings. The van der Waals surface area contributed by atoms with E-state index >= 15 is 0 Å². The van der Waals surface area contributed by atoms with Crippen molar-refractivity contribution in [2.24, 2.45) is 0 Å². The van der Waals surface area contributed by atoms with Crippen molar-refractivity contribution in [1.29, 1.82) is 0 Å². The van der Waals surface area contributed by atoms with Gasteiger partial charge < -0.3 is 10.2 Å². The van der Waals surface area contributed by atoms with E-state index in [0.717, 1.165) is 12.6 Å². The highest BCUT2D eigenvalue weighted by Crippen LogP contribution is 2.22. The van der Waals surface area contributed by atoms with Crippen LogP contribution >= 0.6 is 0 Å². The van der Waals surface area contributed by atoms with Crippen LogP contribution in [0.2, 0.25) is 0 Å². The third-order valence-electron chi connectivity index (χ3n) is 3.81. The van der Waals surface area contributed by atoms with Gasteiger partial charge in [-0.05, 0) is 60.3 Å². The first-order valence-corrected chi connectivity index (χ1v) is 7.18. The molecule has 0 aromatic carbocycles. The molecule has 3 nitrogen and oxygen atoms in total. The van der Waals surface area contributed by atoms with Crippen LogP contribution in [-0.4, -0.2) is 61.7 Å². The first-order valence-electron chi connectivity index (χ1n) is 7.18. The number of hydrogen-bond acceptors (Lipinski definition) is 3. The fraction of sp³-hybridized carbons (Fsp3) is 1.00. The summed E-state index contributed by atoms with van der Waals surface area (Å²) in [5.41, 5.74) is 0. The van der Waals surface area contributed by atoms with E-state index in [2.05, 4.69) is 50.0 Å². The van der Waals surface area contributed by atoms with Crippen molar-refractivity contribution in [1.82, 2.24) is 15.1 Å². The van der Waals surface area contributed by atoms with E-state index in [1.54, 1.807) is 0 Å². The Morgan fingerprint density at radius 1 is 1.35 bits per heavy atom. The molecule has 3 atom stereocenters. The molecule has 3 unspecified atom stereocenters. The highest BCUT2D eigenvalue weighted by Gasteiger charge is 2.29. The van der Waals surface area contributed by atoms with Crippen molar-refractivity contribution in [2.45, 2.75) is 58.2 Å². The van der Waals surface area contributed by atoms with Crippen LogP contribution in [0.15, 0.2) is 0 Å². The first-order chi connectivity index (χ1) is 8.04. The van der Waals surface area contributed by atoms with Gasteiger partial charge in [0.1, 0.15) is 0 Å². The number of likely N-dealkylation sites (N-methyl/N-ethyl adjacent to an activating group) is 1. The second-order valence-corrected chi connectivity index (χ2v) is 5.84. The van der Waals surface area contributed by atoms with Gasteiger partial charge in [-0.2, -0.15) is 0 Å². The quantitative estimate of drug-likeness (QED) is 0.733. The van der Waals surface area contributed by atoms with E-state index in [0.29, 0.717) is 12.1 Å². The predicted molar refractivity (Wildman–Crippen MR) is 75.5 cm³/mol. The van der Waals surface area contributed by atoms with E-state index < -0.39 is 0 Å². The molecule has 0 aromatic heterocycles. The van der Waals surface area contributed by atoms with Gasteiger partial charge in [-0.1, -0.05) is 6.92 Å². The maximum Gasteiger partial charge on any atom is 0.0226 e. The summed E-state index contributed by atoms with van der Waals surface area (Å²) in [4.78, 5) is 5.04. The molecule has 1 aliphatic heterocycles. The van der Waals surface area contributed by atoms with Crippen LogP contribution < -0.4 is 5.32 Å². The second-order valence-electron chi connectivity index (χ2n) is 5.84. The van der Waals surface area contributed by atoms with E-state index in [4.69, 9.17) is 0 Å². The summed E-state index contributed by atoms with van der Waals surface area (Å²) in [6.07, 6.45) is 4.01. The number of likely N-dealkylation sites (tertiary alicyclic amines) is 1. The Hall–Kier alpha value is -0.120. The zero-order chi connectivity index (χ0) is 12.8. The van der Waals surface area contributed by atoms with Gasteiger partial charge in [0, 0.05) is 24.7 Å². The highest BCUT2D eigenvalue weighted by atomic mass is 15.2. The first kappa shape index (κ1) is 14.9. The van der Waals surface area contributed by atoms with Gasteiger partial charge in [0.2, 0.25) is 0 Å². The van der Waals surface area contributed by atoms with Crippen LogP contribution in [0.3, 0.4) is 0 Å². The van der Waals surface area contributed by atoms with Crippen LogP contribution in [0.25, 0.3) is 0 Å². The van der Waals surface area contributed by atoms with E-state index in [-0.39, 0.29) is 0 Å². The Balaban J connectivity index is 2.41. The Kier molecular flexibility index (Phi) is 6.45. The Labute approximate surface area is 108 Å². The van der Waals surface area contributed by atoms with Crippen molar-refractivity contribution in [3.8, 4) is 0 Å². The molecule has 1 heterocycles. The lowest BCUT2D eigenvalue weighted by Crippen LogP contribution is -2.45. The molecule has 0 amide bonds. The van der Waals surface area contributed by atoms with Gasteiger partial charge in [-0.3, -0.25) is 4.90 Å². The number of nitrogens with one attached hydrogen (secondary N) is 1. The molecule has 0 radical (unpaired) electrons. The molecule has 3 heteroatoms. The zero-order valence-corrected chi connectivity index (χ0v) is 12.4. The van der Waals surface area contributed by atoms with Gasteiger partial charge in [0.25, 0.3) is 0 Å². The number of rotatable bonds is 7. The van der Waals surface area contributed by atoms with Gasteiger partial charge in [-0.25, -0.2) is 0 Å². The third-order valence-corrected chi connectivity index (χ3v) is 3.81. The smallest absolute Gasteiger partial charge is 0.0226 e. The number of nitrogens with zero attached hydrogens (tertiary/aromatic N) is 2. The molecule has 0 saturated carbocycles. The van der Waals surface area contributed by atoms with Gasteiger partial charge >= 0.3 is 0 Å². The molecule has 0 bridgehead atoms. The minimum absolute atomic E-state index is 0.635. The SMILES string of the molecule is CCNC(C)CC(C)N1CCCC1CN(C)C. The molecule has 1 saturated heterocycles. The molecule has 1 fully saturated rings. The van der Waals surface area contributed by atoms with Crippen molar-refractivity contribution in [2.75, 3.05) is 33.7 Å². The average molecular weight is 241 g/mol. The Bertz CT molecular complexity index is 206. The topological polar surface area (TPSA) is 18.5 Å². The summed E-state index contributed by atoms with van der Waals surface area (Å²) in [5, 5.41) is 3.52. The summed E-state index contributed by atoms with van der Waals surface area (Å²) >= 11 is 0. The van der Waals surface area contributed by atoms with E-state index in [1.807, 2.05) is 0 Å². The minimum Gasteiger partial charge on any atom is -0.314 e. The molecule has 0 aliphatic carbocycles. The van der Waals surface area contributed by atoms with Crippen molar-refractivity contribution in [3.63, 3.8) is 0 Å². The molecular formula is C14H31N3. The van der Waals surface area contributed by atoms with Crippen molar-refractivity contribution < 1.29 is 0 Å². The Morgan fingerprint density at radius 2 is 2.06 bits per heavy atom. The Morgan fingerprint density at radius 3 is 2.65 bits per heavy atom.